The molecule has 5 nitrogen and oxygen atoms in total. The number of thiophene rings is 1. The van der Waals surface area contributed by atoms with Gasteiger partial charge in [0.2, 0.25) is 0 Å². The minimum atomic E-state index is 0.132. The molecule has 3 heterocycles. The number of hydrogen-bond donors (Lipinski definition) is 1. The second kappa shape index (κ2) is 5.76. The third kappa shape index (κ3) is 2.48. The van der Waals surface area contributed by atoms with Crippen LogP contribution in [0, 0.1) is 0 Å². The molecule has 1 aliphatic heterocycles. The molecule has 1 fully saturated rings. The van der Waals surface area contributed by atoms with Crippen molar-refractivity contribution in [2.75, 3.05) is 26.2 Å². The number of amides is 1. The van der Waals surface area contributed by atoms with Crippen LogP contribution in [0.5, 0.6) is 0 Å². The number of aromatic nitrogens is 2. The summed E-state index contributed by atoms with van der Waals surface area (Å²) in [5.74, 6) is 1.07. The Balaban J connectivity index is 1.78. The number of H-pyrrole nitrogens is 1. The maximum atomic E-state index is 12.5. The highest BCUT2D eigenvalue weighted by atomic mass is 32.1. The Kier molecular flexibility index (Phi) is 3.84. The summed E-state index contributed by atoms with van der Waals surface area (Å²) in [5.41, 5.74) is 0. The first-order valence-electron chi connectivity index (χ1n) is 6.85. The van der Waals surface area contributed by atoms with E-state index in [9.17, 15) is 4.79 Å². The first-order valence-corrected chi connectivity index (χ1v) is 7.73. The largest absolute Gasteiger partial charge is 0.347 e. The van der Waals surface area contributed by atoms with E-state index in [0.717, 1.165) is 30.3 Å². The van der Waals surface area contributed by atoms with Gasteiger partial charge in [0.15, 0.2) is 0 Å². The lowest BCUT2D eigenvalue weighted by molar-refractivity contribution is 0.0484. The summed E-state index contributed by atoms with van der Waals surface area (Å²) in [6.45, 7) is 5.47. The molecule has 0 radical (unpaired) electrons. The van der Waals surface area contributed by atoms with E-state index >= 15 is 0 Å². The second-order valence-corrected chi connectivity index (χ2v) is 5.79. The number of nitrogens with zero attached hydrogens (tertiary/aromatic N) is 3. The van der Waals surface area contributed by atoms with Gasteiger partial charge in [0.1, 0.15) is 5.82 Å². The number of rotatable bonds is 3. The number of piperazine rings is 1. The quantitative estimate of drug-likeness (QED) is 0.940. The van der Waals surface area contributed by atoms with Gasteiger partial charge in [-0.15, -0.1) is 11.3 Å². The molecule has 20 heavy (non-hydrogen) atoms. The third-order valence-corrected chi connectivity index (χ3v) is 4.61. The fourth-order valence-corrected chi connectivity index (χ4v) is 3.35. The fraction of sp³-hybridized carbons (Fsp3) is 0.429. The summed E-state index contributed by atoms with van der Waals surface area (Å²) in [4.78, 5) is 25.1. The molecule has 6 heteroatoms. The molecular formula is C14H18N4OS. The summed E-state index contributed by atoms with van der Waals surface area (Å²) in [6.07, 6.45) is 3.60. The van der Waals surface area contributed by atoms with E-state index in [1.54, 1.807) is 6.20 Å². The predicted octanol–water partition coefficient (Wildman–Crippen LogP) is 1.99. The Labute approximate surface area is 122 Å². The molecular weight excluding hydrogens is 272 g/mol. The Morgan fingerprint density at radius 1 is 1.55 bits per heavy atom. The fourth-order valence-electron chi connectivity index (χ4n) is 2.66. The first kappa shape index (κ1) is 13.3. The van der Waals surface area contributed by atoms with Crippen molar-refractivity contribution in [3.05, 3.63) is 40.6 Å². The van der Waals surface area contributed by atoms with Crippen molar-refractivity contribution in [3.63, 3.8) is 0 Å². The maximum Gasteiger partial charge on any atom is 0.264 e. The SMILES string of the molecule is CCN1CCN(C(=O)c2cccs2)C[C@H]1c1ncc[nH]1. The molecule has 0 aliphatic carbocycles. The van der Waals surface area contributed by atoms with Gasteiger partial charge in [0.25, 0.3) is 5.91 Å². The third-order valence-electron chi connectivity index (χ3n) is 3.75. The van der Waals surface area contributed by atoms with E-state index in [1.165, 1.54) is 11.3 Å². The van der Waals surface area contributed by atoms with Gasteiger partial charge >= 0.3 is 0 Å². The number of likely N-dealkylation sites (N-methyl/N-ethyl adjacent to an activating group) is 1. The van der Waals surface area contributed by atoms with Crippen LogP contribution in [0.1, 0.15) is 28.5 Å². The molecule has 0 aromatic carbocycles. The number of imidazole rings is 1. The second-order valence-electron chi connectivity index (χ2n) is 4.85. The monoisotopic (exact) mass is 290 g/mol. The van der Waals surface area contributed by atoms with Gasteiger partial charge in [-0.3, -0.25) is 9.69 Å². The Hall–Kier alpha value is -1.66. The minimum absolute atomic E-state index is 0.132. The van der Waals surface area contributed by atoms with Gasteiger partial charge in [-0.25, -0.2) is 4.98 Å². The molecule has 1 N–H and O–H groups in total. The molecule has 0 unspecified atom stereocenters. The van der Waals surface area contributed by atoms with Gasteiger partial charge in [0, 0.05) is 32.0 Å². The number of carbonyl (C=O) groups is 1. The van der Waals surface area contributed by atoms with Crippen molar-refractivity contribution in [1.82, 2.24) is 19.8 Å². The Morgan fingerprint density at radius 2 is 2.45 bits per heavy atom. The Bertz CT molecular complexity index is 552. The molecule has 2 aromatic rings. The zero-order valence-electron chi connectivity index (χ0n) is 11.5. The molecule has 1 amide bonds. The highest BCUT2D eigenvalue weighted by Gasteiger charge is 2.31. The summed E-state index contributed by atoms with van der Waals surface area (Å²) in [6, 6.07) is 3.97. The summed E-state index contributed by atoms with van der Waals surface area (Å²) in [5, 5.41) is 1.94. The van der Waals surface area contributed by atoms with Crippen molar-refractivity contribution in [3.8, 4) is 0 Å². The van der Waals surface area contributed by atoms with Crippen molar-refractivity contribution in [2.45, 2.75) is 13.0 Å². The van der Waals surface area contributed by atoms with Crippen molar-refractivity contribution < 1.29 is 4.79 Å². The average molecular weight is 290 g/mol. The molecule has 1 atom stereocenters. The molecule has 2 aromatic heterocycles. The van der Waals surface area contributed by atoms with Gasteiger partial charge < -0.3 is 9.88 Å². The smallest absolute Gasteiger partial charge is 0.264 e. The summed E-state index contributed by atoms with van der Waals surface area (Å²) >= 11 is 1.50. The number of aromatic amines is 1. The lowest BCUT2D eigenvalue weighted by Crippen LogP contribution is -2.50. The van der Waals surface area contributed by atoms with Crippen LogP contribution in [0.4, 0.5) is 0 Å². The van der Waals surface area contributed by atoms with E-state index in [4.69, 9.17) is 0 Å². The molecule has 106 valence electrons. The normalized spacial score (nSPS) is 20.2. The maximum absolute atomic E-state index is 12.5. The van der Waals surface area contributed by atoms with Crippen LogP contribution in [0.25, 0.3) is 0 Å². The van der Waals surface area contributed by atoms with Crippen LogP contribution < -0.4 is 0 Å². The van der Waals surface area contributed by atoms with Gasteiger partial charge in [0.05, 0.1) is 10.9 Å². The van der Waals surface area contributed by atoms with Crippen LogP contribution >= 0.6 is 11.3 Å². The number of carbonyl (C=O) groups excluding carboxylic acids is 1. The zero-order chi connectivity index (χ0) is 13.9. The number of hydrogen-bond acceptors (Lipinski definition) is 4. The first-order chi connectivity index (χ1) is 9.79. The van der Waals surface area contributed by atoms with Crippen molar-refractivity contribution >= 4 is 17.2 Å². The van der Waals surface area contributed by atoms with E-state index in [0.29, 0.717) is 6.54 Å². The van der Waals surface area contributed by atoms with Crippen LogP contribution in [0.15, 0.2) is 29.9 Å². The average Bonchev–Trinajstić information content (AvgIpc) is 3.18. The molecule has 0 saturated carbocycles. The van der Waals surface area contributed by atoms with Gasteiger partial charge in [-0.1, -0.05) is 13.0 Å². The highest BCUT2D eigenvalue weighted by molar-refractivity contribution is 7.12. The molecule has 1 saturated heterocycles. The van der Waals surface area contributed by atoms with E-state index in [2.05, 4.69) is 21.8 Å². The lowest BCUT2D eigenvalue weighted by Gasteiger charge is -2.39. The predicted molar refractivity (Wildman–Crippen MR) is 78.8 cm³/mol. The summed E-state index contributed by atoms with van der Waals surface area (Å²) in [7, 11) is 0. The minimum Gasteiger partial charge on any atom is -0.347 e. The standard InChI is InChI=1S/C14H18N4OS/c1-2-17-7-8-18(14(19)12-4-3-9-20-12)10-11(17)13-15-5-6-16-13/h3-6,9,11H,2,7-8,10H2,1H3,(H,15,16)/t11-/m0/s1. The topological polar surface area (TPSA) is 52.2 Å². The van der Waals surface area contributed by atoms with Crippen molar-refractivity contribution in [2.24, 2.45) is 0 Å². The van der Waals surface area contributed by atoms with Crippen LogP contribution in [-0.2, 0) is 0 Å². The molecule has 0 spiro atoms. The lowest BCUT2D eigenvalue weighted by atomic mass is 10.1. The number of nitrogens with one attached hydrogen (secondary N) is 1. The summed E-state index contributed by atoms with van der Waals surface area (Å²) < 4.78 is 0. The van der Waals surface area contributed by atoms with E-state index in [-0.39, 0.29) is 11.9 Å². The van der Waals surface area contributed by atoms with E-state index < -0.39 is 0 Å². The molecule has 3 rings (SSSR count). The van der Waals surface area contributed by atoms with Crippen molar-refractivity contribution in [1.29, 1.82) is 0 Å². The van der Waals surface area contributed by atoms with Crippen LogP contribution in [0.2, 0.25) is 0 Å². The van der Waals surface area contributed by atoms with E-state index in [1.807, 2.05) is 28.6 Å². The van der Waals surface area contributed by atoms with Gasteiger partial charge in [-0.05, 0) is 18.0 Å². The zero-order valence-corrected chi connectivity index (χ0v) is 12.3. The Morgan fingerprint density at radius 3 is 3.10 bits per heavy atom. The molecule has 0 bridgehead atoms. The van der Waals surface area contributed by atoms with Crippen LogP contribution in [0.3, 0.4) is 0 Å². The van der Waals surface area contributed by atoms with Crippen LogP contribution in [-0.4, -0.2) is 51.9 Å². The highest BCUT2D eigenvalue weighted by Crippen LogP contribution is 2.24. The van der Waals surface area contributed by atoms with Gasteiger partial charge in [-0.2, -0.15) is 0 Å². The molecule has 1 aliphatic rings.